The standard InChI is InChI=1S/C9H13NO/c1-8(2)9(11)7-10-5-3-4-6-10/h3-6,8H,7H2,1-2H3. The SMILES string of the molecule is CC(C)C(=O)Cn1cccc1. The maximum absolute atomic E-state index is 11.2. The lowest BCUT2D eigenvalue weighted by Gasteiger charge is -2.03. The topological polar surface area (TPSA) is 22.0 Å². The smallest absolute Gasteiger partial charge is 0.154 e. The lowest BCUT2D eigenvalue weighted by molar-refractivity contribution is -0.122. The van der Waals surface area contributed by atoms with Crippen LogP contribution in [0.4, 0.5) is 0 Å². The van der Waals surface area contributed by atoms with Crippen LogP contribution >= 0.6 is 0 Å². The van der Waals surface area contributed by atoms with E-state index in [2.05, 4.69) is 0 Å². The molecule has 0 radical (unpaired) electrons. The van der Waals surface area contributed by atoms with E-state index >= 15 is 0 Å². The number of carbonyl (C=O) groups is 1. The van der Waals surface area contributed by atoms with Crippen LogP contribution in [-0.2, 0) is 11.3 Å². The highest BCUT2D eigenvalue weighted by molar-refractivity contribution is 5.80. The van der Waals surface area contributed by atoms with Gasteiger partial charge >= 0.3 is 0 Å². The summed E-state index contributed by atoms with van der Waals surface area (Å²) in [6, 6.07) is 3.85. The Balaban J connectivity index is 2.50. The second-order valence-corrected chi connectivity index (χ2v) is 2.98. The fourth-order valence-corrected chi connectivity index (χ4v) is 0.838. The third-order valence-corrected chi connectivity index (χ3v) is 1.65. The van der Waals surface area contributed by atoms with Gasteiger partial charge in [-0.3, -0.25) is 4.79 Å². The van der Waals surface area contributed by atoms with Gasteiger partial charge in [-0.2, -0.15) is 0 Å². The first-order valence-corrected chi connectivity index (χ1v) is 3.83. The van der Waals surface area contributed by atoms with Crippen LogP contribution in [0.1, 0.15) is 13.8 Å². The minimum Gasteiger partial charge on any atom is -0.347 e. The molecule has 2 heteroatoms. The Hall–Kier alpha value is -1.05. The van der Waals surface area contributed by atoms with Gasteiger partial charge in [0.1, 0.15) is 0 Å². The van der Waals surface area contributed by atoms with E-state index in [1.54, 1.807) is 0 Å². The second-order valence-electron chi connectivity index (χ2n) is 2.98. The molecule has 0 spiro atoms. The molecule has 2 nitrogen and oxygen atoms in total. The molecule has 0 aliphatic rings. The number of hydrogen-bond donors (Lipinski definition) is 0. The number of hydrogen-bond acceptors (Lipinski definition) is 1. The molecule has 0 amide bonds. The van der Waals surface area contributed by atoms with E-state index in [1.807, 2.05) is 42.9 Å². The third kappa shape index (κ3) is 2.22. The lowest BCUT2D eigenvalue weighted by Crippen LogP contribution is -2.14. The molecule has 0 saturated heterocycles. The van der Waals surface area contributed by atoms with E-state index in [-0.39, 0.29) is 11.7 Å². The molecule has 0 atom stereocenters. The first kappa shape index (κ1) is 8.05. The van der Waals surface area contributed by atoms with Gasteiger partial charge < -0.3 is 4.57 Å². The molecule has 1 aromatic rings. The highest BCUT2D eigenvalue weighted by Gasteiger charge is 2.06. The molecule has 1 rings (SSSR count). The zero-order chi connectivity index (χ0) is 8.27. The monoisotopic (exact) mass is 151 g/mol. The molecule has 0 N–H and O–H groups in total. The molecular weight excluding hydrogens is 138 g/mol. The van der Waals surface area contributed by atoms with Crippen LogP contribution in [0.5, 0.6) is 0 Å². The molecule has 0 aromatic carbocycles. The average Bonchev–Trinajstić information content (AvgIpc) is 2.39. The summed E-state index contributed by atoms with van der Waals surface area (Å²) in [6.07, 6.45) is 3.81. The van der Waals surface area contributed by atoms with Crippen LogP contribution < -0.4 is 0 Å². The van der Waals surface area contributed by atoms with Crippen LogP contribution in [0.2, 0.25) is 0 Å². The average molecular weight is 151 g/mol. The van der Waals surface area contributed by atoms with Crippen LogP contribution in [0.15, 0.2) is 24.5 Å². The second kappa shape index (κ2) is 3.37. The van der Waals surface area contributed by atoms with Crippen LogP contribution in [0.3, 0.4) is 0 Å². The number of nitrogens with zero attached hydrogens (tertiary/aromatic N) is 1. The lowest BCUT2D eigenvalue weighted by atomic mass is 10.1. The predicted molar refractivity (Wildman–Crippen MR) is 44.3 cm³/mol. The summed E-state index contributed by atoms with van der Waals surface area (Å²) in [5.41, 5.74) is 0. The molecule has 11 heavy (non-hydrogen) atoms. The molecule has 60 valence electrons. The van der Waals surface area contributed by atoms with Gasteiger partial charge in [-0.15, -0.1) is 0 Å². The van der Waals surface area contributed by atoms with Crippen molar-refractivity contribution in [1.82, 2.24) is 4.57 Å². The van der Waals surface area contributed by atoms with Gasteiger partial charge in [0.05, 0.1) is 6.54 Å². The molecule has 0 aliphatic carbocycles. The number of rotatable bonds is 3. The van der Waals surface area contributed by atoms with Crippen LogP contribution in [0.25, 0.3) is 0 Å². The molecule has 0 saturated carbocycles. The highest BCUT2D eigenvalue weighted by Crippen LogP contribution is 1.98. The predicted octanol–water partition coefficient (Wildman–Crippen LogP) is 1.71. The Kier molecular flexibility index (Phi) is 2.47. The fraction of sp³-hybridized carbons (Fsp3) is 0.444. The maximum atomic E-state index is 11.2. The molecule has 0 aliphatic heterocycles. The van der Waals surface area contributed by atoms with E-state index in [0.717, 1.165) is 0 Å². The van der Waals surface area contributed by atoms with Gasteiger partial charge in [0, 0.05) is 18.3 Å². The minimum absolute atomic E-state index is 0.136. The Morgan fingerprint density at radius 2 is 1.91 bits per heavy atom. The Bertz CT molecular complexity index is 224. The minimum atomic E-state index is 0.136. The Labute approximate surface area is 66.8 Å². The van der Waals surface area contributed by atoms with Crippen molar-refractivity contribution in [2.24, 2.45) is 5.92 Å². The molecule has 1 aromatic heterocycles. The molecule has 0 fully saturated rings. The summed E-state index contributed by atoms with van der Waals surface area (Å²) in [5, 5.41) is 0. The van der Waals surface area contributed by atoms with Crippen molar-refractivity contribution in [1.29, 1.82) is 0 Å². The first-order chi connectivity index (χ1) is 5.20. The van der Waals surface area contributed by atoms with E-state index in [9.17, 15) is 4.79 Å². The van der Waals surface area contributed by atoms with Crippen molar-refractivity contribution in [2.45, 2.75) is 20.4 Å². The summed E-state index contributed by atoms with van der Waals surface area (Å²) in [6.45, 7) is 4.35. The van der Waals surface area contributed by atoms with Gasteiger partial charge in [-0.25, -0.2) is 0 Å². The summed E-state index contributed by atoms with van der Waals surface area (Å²) in [7, 11) is 0. The number of Topliss-reactive ketones (excluding diaryl/α,β-unsaturated/α-hetero) is 1. The summed E-state index contributed by atoms with van der Waals surface area (Å²) >= 11 is 0. The zero-order valence-electron chi connectivity index (χ0n) is 6.95. The van der Waals surface area contributed by atoms with Gasteiger partial charge in [0.2, 0.25) is 0 Å². The van der Waals surface area contributed by atoms with Gasteiger partial charge in [0.15, 0.2) is 5.78 Å². The van der Waals surface area contributed by atoms with E-state index in [4.69, 9.17) is 0 Å². The zero-order valence-corrected chi connectivity index (χ0v) is 6.95. The first-order valence-electron chi connectivity index (χ1n) is 3.83. The Morgan fingerprint density at radius 3 is 2.36 bits per heavy atom. The van der Waals surface area contributed by atoms with Crippen molar-refractivity contribution in [3.8, 4) is 0 Å². The fourth-order valence-electron chi connectivity index (χ4n) is 0.838. The van der Waals surface area contributed by atoms with E-state index in [1.165, 1.54) is 0 Å². The highest BCUT2D eigenvalue weighted by atomic mass is 16.1. The van der Waals surface area contributed by atoms with E-state index < -0.39 is 0 Å². The molecular formula is C9H13NO. The van der Waals surface area contributed by atoms with Crippen LogP contribution in [0, 0.1) is 5.92 Å². The van der Waals surface area contributed by atoms with Gasteiger partial charge in [0.25, 0.3) is 0 Å². The van der Waals surface area contributed by atoms with Crippen molar-refractivity contribution < 1.29 is 4.79 Å². The van der Waals surface area contributed by atoms with Crippen molar-refractivity contribution in [3.63, 3.8) is 0 Å². The van der Waals surface area contributed by atoms with Crippen molar-refractivity contribution in [2.75, 3.05) is 0 Å². The quantitative estimate of drug-likeness (QED) is 0.644. The molecule has 0 bridgehead atoms. The third-order valence-electron chi connectivity index (χ3n) is 1.65. The van der Waals surface area contributed by atoms with Gasteiger partial charge in [-0.1, -0.05) is 13.8 Å². The normalized spacial score (nSPS) is 10.5. The van der Waals surface area contributed by atoms with Gasteiger partial charge in [-0.05, 0) is 12.1 Å². The summed E-state index contributed by atoms with van der Waals surface area (Å²) < 4.78 is 1.89. The number of aromatic nitrogens is 1. The number of ketones is 1. The molecule has 0 unspecified atom stereocenters. The van der Waals surface area contributed by atoms with Crippen molar-refractivity contribution >= 4 is 5.78 Å². The Morgan fingerprint density at radius 1 is 1.36 bits per heavy atom. The maximum Gasteiger partial charge on any atom is 0.154 e. The van der Waals surface area contributed by atoms with Crippen molar-refractivity contribution in [3.05, 3.63) is 24.5 Å². The van der Waals surface area contributed by atoms with E-state index in [0.29, 0.717) is 6.54 Å². The largest absolute Gasteiger partial charge is 0.347 e. The van der Waals surface area contributed by atoms with Crippen LogP contribution in [-0.4, -0.2) is 10.4 Å². The summed E-state index contributed by atoms with van der Waals surface area (Å²) in [4.78, 5) is 11.2. The number of carbonyl (C=O) groups excluding carboxylic acids is 1. The summed E-state index contributed by atoms with van der Waals surface area (Å²) in [5.74, 6) is 0.415. The molecule has 1 heterocycles.